The highest BCUT2D eigenvalue weighted by Crippen LogP contribution is 2.19. The molecule has 0 radical (unpaired) electrons. The number of hydrogen-bond acceptors (Lipinski definition) is 5. The fourth-order valence-corrected chi connectivity index (χ4v) is 1.63. The van der Waals surface area contributed by atoms with Gasteiger partial charge in [0.1, 0.15) is 5.82 Å². The Morgan fingerprint density at radius 1 is 1.32 bits per heavy atom. The minimum absolute atomic E-state index is 0.483. The maximum atomic E-state index is 12.7. The van der Waals surface area contributed by atoms with E-state index in [0.29, 0.717) is 18.1 Å². The standard InChI is InChI=1S/C13H16FN5/c1-3-11-18-8(2)12(15)13(19-11)17-7-9-4-5-10(14)16-6-9/h4-6H,3,7,15H2,1-2H3,(H,17,18,19). The lowest BCUT2D eigenvalue weighted by atomic mass is 10.2. The van der Waals surface area contributed by atoms with Gasteiger partial charge in [-0.25, -0.2) is 15.0 Å². The molecular formula is C13H16FN5. The number of nitrogens with two attached hydrogens (primary N) is 1. The Labute approximate surface area is 111 Å². The zero-order valence-corrected chi connectivity index (χ0v) is 10.9. The number of nitrogens with one attached hydrogen (secondary N) is 1. The van der Waals surface area contributed by atoms with E-state index < -0.39 is 5.95 Å². The summed E-state index contributed by atoms with van der Waals surface area (Å²) in [6, 6.07) is 2.99. The molecule has 19 heavy (non-hydrogen) atoms. The summed E-state index contributed by atoms with van der Waals surface area (Å²) in [5.74, 6) is 0.856. The van der Waals surface area contributed by atoms with E-state index >= 15 is 0 Å². The van der Waals surface area contributed by atoms with Gasteiger partial charge in [-0.15, -0.1) is 0 Å². The Kier molecular flexibility index (Phi) is 3.89. The number of halogens is 1. The van der Waals surface area contributed by atoms with E-state index in [4.69, 9.17) is 5.73 Å². The van der Waals surface area contributed by atoms with Crippen molar-refractivity contribution < 1.29 is 4.39 Å². The fraction of sp³-hybridized carbons (Fsp3) is 0.308. The first kappa shape index (κ1) is 13.2. The average molecular weight is 261 g/mol. The molecule has 0 bridgehead atoms. The highest BCUT2D eigenvalue weighted by molar-refractivity contribution is 5.63. The topological polar surface area (TPSA) is 76.7 Å². The number of nitrogens with zero attached hydrogens (tertiary/aromatic N) is 3. The number of aryl methyl sites for hydroxylation is 2. The summed E-state index contributed by atoms with van der Waals surface area (Å²) < 4.78 is 12.7. The molecule has 0 aromatic carbocycles. The van der Waals surface area contributed by atoms with E-state index in [1.807, 2.05) is 13.8 Å². The largest absolute Gasteiger partial charge is 0.394 e. The number of pyridine rings is 1. The van der Waals surface area contributed by atoms with Crippen LogP contribution in [0.5, 0.6) is 0 Å². The highest BCUT2D eigenvalue weighted by Gasteiger charge is 2.07. The second kappa shape index (κ2) is 5.60. The molecule has 5 nitrogen and oxygen atoms in total. The number of aromatic nitrogens is 3. The lowest BCUT2D eigenvalue weighted by Crippen LogP contribution is -2.09. The quantitative estimate of drug-likeness (QED) is 0.824. The van der Waals surface area contributed by atoms with Crippen LogP contribution in [0.4, 0.5) is 15.9 Å². The predicted molar refractivity (Wildman–Crippen MR) is 72.1 cm³/mol. The first-order valence-corrected chi connectivity index (χ1v) is 6.07. The van der Waals surface area contributed by atoms with E-state index in [9.17, 15) is 4.39 Å². The molecule has 0 aliphatic carbocycles. The van der Waals surface area contributed by atoms with Crippen LogP contribution in [0.3, 0.4) is 0 Å². The van der Waals surface area contributed by atoms with Crippen LogP contribution in [0.1, 0.15) is 24.0 Å². The molecule has 6 heteroatoms. The van der Waals surface area contributed by atoms with E-state index in [0.717, 1.165) is 23.5 Å². The molecule has 2 rings (SSSR count). The van der Waals surface area contributed by atoms with Gasteiger partial charge in [-0.2, -0.15) is 4.39 Å². The lowest BCUT2D eigenvalue weighted by Gasteiger charge is -2.11. The summed E-state index contributed by atoms with van der Waals surface area (Å²) >= 11 is 0. The van der Waals surface area contributed by atoms with Crippen LogP contribution in [0.2, 0.25) is 0 Å². The second-order valence-electron chi connectivity index (χ2n) is 4.18. The van der Waals surface area contributed by atoms with Crippen molar-refractivity contribution in [3.8, 4) is 0 Å². The van der Waals surface area contributed by atoms with Crippen molar-refractivity contribution in [3.63, 3.8) is 0 Å². The van der Waals surface area contributed by atoms with Gasteiger partial charge in [0, 0.05) is 19.2 Å². The molecule has 2 heterocycles. The third-order valence-corrected chi connectivity index (χ3v) is 2.75. The molecule has 0 aliphatic heterocycles. The number of nitrogen functional groups attached to an aromatic ring is 1. The van der Waals surface area contributed by atoms with Gasteiger partial charge < -0.3 is 11.1 Å². The SMILES string of the molecule is CCc1nc(C)c(N)c(NCc2ccc(F)nc2)n1. The number of hydrogen-bond donors (Lipinski definition) is 2. The molecule has 0 amide bonds. The third kappa shape index (κ3) is 3.15. The first-order chi connectivity index (χ1) is 9.10. The van der Waals surface area contributed by atoms with Crippen LogP contribution in [0.25, 0.3) is 0 Å². The van der Waals surface area contributed by atoms with Gasteiger partial charge in [-0.1, -0.05) is 13.0 Å². The van der Waals surface area contributed by atoms with Crippen molar-refractivity contribution in [2.45, 2.75) is 26.8 Å². The summed E-state index contributed by atoms with van der Waals surface area (Å²) in [4.78, 5) is 12.2. The summed E-state index contributed by atoms with van der Waals surface area (Å²) in [5, 5.41) is 3.13. The maximum absolute atomic E-state index is 12.7. The van der Waals surface area contributed by atoms with Crippen molar-refractivity contribution in [1.82, 2.24) is 15.0 Å². The van der Waals surface area contributed by atoms with Gasteiger partial charge >= 0.3 is 0 Å². The van der Waals surface area contributed by atoms with Gasteiger partial charge in [0.15, 0.2) is 5.82 Å². The molecule has 0 saturated heterocycles. The monoisotopic (exact) mass is 261 g/mol. The molecule has 3 N–H and O–H groups in total. The van der Waals surface area contributed by atoms with E-state index in [-0.39, 0.29) is 0 Å². The maximum Gasteiger partial charge on any atom is 0.212 e. The molecular weight excluding hydrogens is 245 g/mol. The van der Waals surface area contributed by atoms with Crippen LogP contribution < -0.4 is 11.1 Å². The van der Waals surface area contributed by atoms with Crippen LogP contribution in [0.15, 0.2) is 18.3 Å². The van der Waals surface area contributed by atoms with Gasteiger partial charge in [0.25, 0.3) is 0 Å². The average Bonchev–Trinajstić information content (AvgIpc) is 2.42. The van der Waals surface area contributed by atoms with Crippen molar-refractivity contribution in [2.24, 2.45) is 0 Å². The number of rotatable bonds is 4. The summed E-state index contributed by atoms with van der Waals surface area (Å²) in [5.41, 5.74) is 8.08. The van der Waals surface area contributed by atoms with Gasteiger partial charge in [0.2, 0.25) is 5.95 Å². The third-order valence-electron chi connectivity index (χ3n) is 2.75. The summed E-state index contributed by atoms with van der Waals surface area (Å²) in [7, 11) is 0. The Morgan fingerprint density at radius 3 is 2.74 bits per heavy atom. The van der Waals surface area contributed by atoms with Crippen LogP contribution in [-0.2, 0) is 13.0 Å². The van der Waals surface area contributed by atoms with Crippen molar-refractivity contribution in [2.75, 3.05) is 11.1 Å². The summed E-state index contributed by atoms with van der Waals surface area (Å²) in [6.45, 7) is 4.32. The molecule has 0 saturated carbocycles. The smallest absolute Gasteiger partial charge is 0.212 e. The predicted octanol–water partition coefficient (Wildman–Crippen LogP) is 2.08. The Balaban J connectivity index is 2.14. The van der Waals surface area contributed by atoms with Crippen LogP contribution in [0, 0.1) is 12.9 Å². The van der Waals surface area contributed by atoms with Crippen LogP contribution >= 0.6 is 0 Å². The molecule has 0 unspecified atom stereocenters. The normalized spacial score (nSPS) is 10.5. The Hall–Kier alpha value is -2.24. The first-order valence-electron chi connectivity index (χ1n) is 6.07. The zero-order valence-electron chi connectivity index (χ0n) is 10.9. The minimum Gasteiger partial charge on any atom is -0.394 e. The Morgan fingerprint density at radius 2 is 2.11 bits per heavy atom. The van der Waals surface area contributed by atoms with E-state index in [2.05, 4.69) is 20.3 Å². The summed E-state index contributed by atoms with van der Waals surface area (Å²) in [6.07, 6.45) is 2.22. The molecule has 100 valence electrons. The van der Waals surface area contributed by atoms with Crippen molar-refractivity contribution in [1.29, 1.82) is 0 Å². The minimum atomic E-state index is -0.491. The van der Waals surface area contributed by atoms with Crippen molar-refractivity contribution in [3.05, 3.63) is 41.4 Å². The fourth-order valence-electron chi connectivity index (χ4n) is 1.63. The lowest BCUT2D eigenvalue weighted by molar-refractivity contribution is 0.582. The van der Waals surface area contributed by atoms with Crippen LogP contribution in [-0.4, -0.2) is 15.0 Å². The molecule has 0 atom stereocenters. The highest BCUT2D eigenvalue weighted by atomic mass is 19.1. The Bertz CT molecular complexity index is 568. The van der Waals surface area contributed by atoms with E-state index in [1.165, 1.54) is 12.3 Å². The van der Waals surface area contributed by atoms with Crippen molar-refractivity contribution >= 4 is 11.5 Å². The van der Waals surface area contributed by atoms with Gasteiger partial charge in [-0.3, -0.25) is 0 Å². The molecule has 0 aliphatic rings. The second-order valence-corrected chi connectivity index (χ2v) is 4.18. The van der Waals surface area contributed by atoms with Gasteiger partial charge in [0.05, 0.1) is 11.4 Å². The van der Waals surface area contributed by atoms with Gasteiger partial charge in [-0.05, 0) is 18.6 Å². The molecule has 0 spiro atoms. The number of anilines is 2. The van der Waals surface area contributed by atoms with E-state index in [1.54, 1.807) is 6.07 Å². The molecule has 2 aromatic rings. The molecule has 2 aromatic heterocycles. The zero-order chi connectivity index (χ0) is 13.8. The molecule has 0 fully saturated rings.